The van der Waals surface area contributed by atoms with E-state index in [-0.39, 0.29) is 23.8 Å². The summed E-state index contributed by atoms with van der Waals surface area (Å²) in [4.78, 5) is 14.4. The molecule has 0 aliphatic heterocycles. The zero-order valence-electron chi connectivity index (χ0n) is 21.2. The molecule has 0 saturated carbocycles. The standard InChI is InChI=1S/C29H26F2N2O5/c1-29(2,14-37-3)27-25(16-6-5-15-9-21(28(35)36)32-20(15)10-16)26-22(11-17(30)12-23(26)34)33(27)18-7-8-19(31)24(13-18)38-4/h5-13,32,34H,14H2,1-4H3,(H,35,36). The van der Waals surface area contributed by atoms with Gasteiger partial charge in [-0.25, -0.2) is 13.6 Å². The van der Waals surface area contributed by atoms with Crippen LogP contribution in [0.2, 0.25) is 0 Å². The van der Waals surface area contributed by atoms with E-state index in [1.54, 1.807) is 29.9 Å². The van der Waals surface area contributed by atoms with Crippen molar-refractivity contribution in [1.29, 1.82) is 0 Å². The van der Waals surface area contributed by atoms with Crippen LogP contribution in [0, 0.1) is 11.6 Å². The third-order valence-electron chi connectivity index (χ3n) is 6.69. The highest BCUT2D eigenvalue weighted by molar-refractivity contribution is 6.05. The molecule has 0 amide bonds. The number of aromatic nitrogens is 2. The molecule has 0 fully saturated rings. The Morgan fingerprint density at radius 3 is 2.50 bits per heavy atom. The van der Waals surface area contributed by atoms with Crippen LogP contribution in [-0.4, -0.2) is 46.6 Å². The van der Waals surface area contributed by atoms with Crippen LogP contribution in [0.4, 0.5) is 8.78 Å². The highest BCUT2D eigenvalue weighted by Gasteiger charge is 2.33. The summed E-state index contributed by atoms with van der Waals surface area (Å²) in [6.45, 7) is 4.18. The van der Waals surface area contributed by atoms with Gasteiger partial charge in [-0.3, -0.25) is 0 Å². The number of ether oxygens (including phenoxy) is 2. The van der Waals surface area contributed by atoms with Crippen molar-refractivity contribution in [1.82, 2.24) is 9.55 Å². The van der Waals surface area contributed by atoms with Crippen LogP contribution in [0.25, 0.3) is 38.6 Å². The van der Waals surface area contributed by atoms with E-state index in [9.17, 15) is 23.8 Å². The fraction of sp³-hybridized carbons (Fsp3) is 0.207. The second-order valence-corrected chi connectivity index (χ2v) is 9.80. The van der Waals surface area contributed by atoms with E-state index in [0.717, 1.165) is 6.07 Å². The van der Waals surface area contributed by atoms with Crippen LogP contribution < -0.4 is 4.74 Å². The van der Waals surface area contributed by atoms with Crippen molar-refractivity contribution in [3.05, 3.63) is 77.6 Å². The summed E-state index contributed by atoms with van der Waals surface area (Å²) < 4.78 is 41.6. The minimum absolute atomic E-state index is 0.0102. The number of hydrogen-bond acceptors (Lipinski definition) is 4. The lowest BCUT2D eigenvalue weighted by Crippen LogP contribution is -2.27. The van der Waals surface area contributed by atoms with Gasteiger partial charge in [-0.2, -0.15) is 0 Å². The van der Waals surface area contributed by atoms with E-state index in [2.05, 4.69) is 4.98 Å². The van der Waals surface area contributed by atoms with Gasteiger partial charge in [0.1, 0.15) is 17.3 Å². The Labute approximate surface area is 216 Å². The molecule has 9 heteroatoms. The van der Waals surface area contributed by atoms with Gasteiger partial charge in [0.15, 0.2) is 11.6 Å². The SMILES string of the molecule is COCC(C)(C)c1c(-c2ccc3cc(C(=O)O)[nH]c3c2)c2c(O)cc(F)cc2n1-c1ccc(F)c(OC)c1. The molecular formula is C29H26F2N2O5. The summed E-state index contributed by atoms with van der Waals surface area (Å²) in [5, 5.41) is 21.6. The maximum absolute atomic E-state index is 14.7. The number of aromatic carboxylic acids is 1. The third-order valence-corrected chi connectivity index (χ3v) is 6.69. The number of benzene rings is 3. The van der Waals surface area contributed by atoms with Crippen molar-refractivity contribution in [2.24, 2.45) is 0 Å². The first kappa shape index (κ1) is 25.3. The number of nitrogens with zero attached hydrogens (tertiary/aromatic N) is 1. The summed E-state index contributed by atoms with van der Waals surface area (Å²) in [6, 6.07) is 13.6. The molecule has 0 bridgehead atoms. The van der Waals surface area contributed by atoms with E-state index in [0.29, 0.717) is 44.3 Å². The average molecular weight is 521 g/mol. The summed E-state index contributed by atoms with van der Waals surface area (Å²) in [5.74, 6) is -2.53. The van der Waals surface area contributed by atoms with Crippen molar-refractivity contribution in [3.8, 4) is 28.3 Å². The van der Waals surface area contributed by atoms with Crippen LogP contribution in [0.1, 0.15) is 30.0 Å². The molecule has 2 aromatic heterocycles. The number of methoxy groups -OCH3 is 2. The highest BCUT2D eigenvalue weighted by atomic mass is 19.1. The molecule has 0 atom stereocenters. The third kappa shape index (κ3) is 4.05. The second kappa shape index (κ2) is 9.18. The Morgan fingerprint density at radius 2 is 1.82 bits per heavy atom. The number of phenols is 1. The van der Waals surface area contributed by atoms with E-state index in [1.807, 2.05) is 19.9 Å². The fourth-order valence-corrected chi connectivity index (χ4v) is 5.17. The number of halogens is 2. The zero-order valence-corrected chi connectivity index (χ0v) is 21.2. The molecule has 5 aromatic rings. The van der Waals surface area contributed by atoms with Crippen LogP contribution in [0.3, 0.4) is 0 Å². The van der Waals surface area contributed by atoms with Crippen LogP contribution in [0.5, 0.6) is 11.5 Å². The first-order valence-electron chi connectivity index (χ1n) is 11.8. The molecule has 0 aliphatic rings. The molecule has 0 aliphatic carbocycles. The quantitative estimate of drug-likeness (QED) is 0.231. The lowest BCUT2D eigenvalue weighted by molar-refractivity contribution is 0.0691. The Balaban J connectivity index is 1.94. The number of phenolic OH excluding ortho intramolecular Hbond substituents is 1. The monoisotopic (exact) mass is 520 g/mol. The summed E-state index contributed by atoms with van der Waals surface area (Å²) in [6.07, 6.45) is 0. The first-order valence-corrected chi connectivity index (χ1v) is 11.8. The number of rotatable bonds is 7. The Bertz CT molecular complexity index is 1720. The minimum atomic E-state index is -1.08. The lowest BCUT2D eigenvalue weighted by Gasteiger charge is -2.28. The summed E-state index contributed by atoms with van der Waals surface area (Å²) in [7, 11) is 2.94. The zero-order chi connectivity index (χ0) is 27.4. The van der Waals surface area contributed by atoms with Crippen LogP contribution in [0.15, 0.2) is 54.6 Å². The van der Waals surface area contributed by atoms with Gasteiger partial charge < -0.3 is 29.2 Å². The van der Waals surface area contributed by atoms with Crippen molar-refractivity contribution in [2.45, 2.75) is 19.3 Å². The first-order chi connectivity index (χ1) is 18.1. The molecule has 0 saturated heterocycles. The van der Waals surface area contributed by atoms with Gasteiger partial charge in [-0.1, -0.05) is 26.0 Å². The molecular weight excluding hydrogens is 494 g/mol. The average Bonchev–Trinajstić information content (AvgIpc) is 3.44. The molecule has 0 spiro atoms. The van der Waals surface area contributed by atoms with Gasteiger partial charge in [0.2, 0.25) is 0 Å². The van der Waals surface area contributed by atoms with Gasteiger partial charge in [-0.05, 0) is 35.9 Å². The number of hydrogen-bond donors (Lipinski definition) is 3. The van der Waals surface area contributed by atoms with Crippen LogP contribution in [-0.2, 0) is 10.2 Å². The molecule has 3 aromatic carbocycles. The number of fused-ring (bicyclic) bond motifs is 2. The van der Waals surface area contributed by atoms with E-state index >= 15 is 0 Å². The molecule has 3 N–H and O–H groups in total. The van der Waals surface area contributed by atoms with Gasteiger partial charge in [-0.15, -0.1) is 0 Å². The van der Waals surface area contributed by atoms with Gasteiger partial charge in [0.25, 0.3) is 0 Å². The predicted molar refractivity (Wildman–Crippen MR) is 141 cm³/mol. The number of aromatic amines is 1. The Kier molecular flexibility index (Phi) is 6.11. The molecule has 5 rings (SSSR count). The number of carboxylic acid groups (broad SMARTS) is 1. The van der Waals surface area contributed by atoms with Crippen molar-refractivity contribution < 1.29 is 33.3 Å². The van der Waals surface area contributed by atoms with Crippen molar-refractivity contribution >= 4 is 27.8 Å². The number of H-pyrrole nitrogens is 1. The number of carbonyl (C=O) groups is 1. The van der Waals surface area contributed by atoms with E-state index in [4.69, 9.17) is 9.47 Å². The van der Waals surface area contributed by atoms with Crippen molar-refractivity contribution in [2.75, 3.05) is 20.8 Å². The molecule has 0 radical (unpaired) electrons. The molecule has 38 heavy (non-hydrogen) atoms. The topological polar surface area (TPSA) is 96.7 Å². The maximum Gasteiger partial charge on any atom is 0.352 e. The van der Waals surface area contributed by atoms with Crippen molar-refractivity contribution in [3.63, 3.8) is 0 Å². The molecule has 2 heterocycles. The second-order valence-electron chi connectivity index (χ2n) is 9.80. The lowest BCUT2D eigenvalue weighted by atomic mass is 9.84. The number of aromatic hydroxyl groups is 1. The van der Waals surface area contributed by atoms with Gasteiger partial charge >= 0.3 is 5.97 Å². The largest absolute Gasteiger partial charge is 0.507 e. The van der Waals surface area contributed by atoms with E-state index < -0.39 is 23.0 Å². The predicted octanol–water partition coefficient (Wildman–Crippen LogP) is 6.39. The molecule has 0 unspecified atom stereocenters. The molecule has 7 nitrogen and oxygen atoms in total. The van der Waals surface area contributed by atoms with E-state index in [1.165, 1.54) is 31.4 Å². The highest BCUT2D eigenvalue weighted by Crippen LogP contribution is 2.47. The summed E-state index contributed by atoms with van der Waals surface area (Å²) in [5.41, 5.74) is 2.75. The van der Waals surface area contributed by atoms with Crippen LogP contribution >= 0.6 is 0 Å². The number of nitrogens with one attached hydrogen (secondary N) is 1. The van der Waals surface area contributed by atoms with Gasteiger partial charge in [0.05, 0.1) is 24.6 Å². The Morgan fingerprint density at radius 1 is 1.05 bits per heavy atom. The number of carboxylic acids is 1. The fourth-order valence-electron chi connectivity index (χ4n) is 5.17. The maximum atomic E-state index is 14.7. The summed E-state index contributed by atoms with van der Waals surface area (Å²) >= 11 is 0. The smallest absolute Gasteiger partial charge is 0.352 e. The molecule has 196 valence electrons. The Hall–Kier alpha value is -4.37. The van der Waals surface area contributed by atoms with Gasteiger partial charge in [0, 0.05) is 52.5 Å². The normalized spacial score (nSPS) is 11.9. The minimum Gasteiger partial charge on any atom is -0.507 e.